The quantitative estimate of drug-likeness (QED) is 0.642. The van der Waals surface area contributed by atoms with Gasteiger partial charge < -0.3 is 10.0 Å². The van der Waals surface area contributed by atoms with Crippen LogP contribution in [0, 0.1) is 0 Å². The molecule has 0 radical (unpaired) electrons. The van der Waals surface area contributed by atoms with E-state index in [0.717, 1.165) is 11.1 Å². The number of hydrogen-bond acceptors (Lipinski definition) is 3. The summed E-state index contributed by atoms with van der Waals surface area (Å²) >= 11 is 0. The van der Waals surface area contributed by atoms with Gasteiger partial charge in [-0.25, -0.2) is 0 Å². The Bertz CT molecular complexity index is 399. The number of aromatic nitrogens is 1. The number of rotatable bonds is 1. The number of fused-ring (bicyclic) bond motifs is 1. The molecule has 2 rings (SSSR count). The summed E-state index contributed by atoms with van der Waals surface area (Å²) in [5, 5.41) is 18.4. The molecule has 1 aliphatic rings. The molecule has 4 heteroatoms. The highest BCUT2D eigenvalue weighted by Gasteiger charge is 2.19. The molecular formula is C10H10BNO2. The Labute approximate surface area is 82.6 Å². The van der Waals surface area contributed by atoms with Gasteiger partial charge in [0.25, 0.3) is 0 Å². The van der Waals surface area contributed by atoms with E-state index >= 15 is 0 Å². The van der Waals surface area contributed by atoms with Gasteiger partial charge in [-0.2, -0.15) is 0 Å². The Morgan fingerprint density at radius 2 is 2.21 bits per heavy atom. The van der Waals surface area contributed by atoms with Crippen LogP contribution in [-0.2, 0) is 0 Å². The molecule has 0 aliphatic heterocycles. The fraction of sp³-hybridized carbons (Fsp3) is 0.100. The van der Waals surface area contributed by atoms with Crippen molar-refractivity contribution in [3.8, 4) is 0 Å². The van der Waals surface area contributed by atoms with Gasteiger partial charge in [0.05, 0.1) is 0 Å². The van der Waals surface area contributed by atoms with Crippen molar-refractivity contribution in [1.29, 1.82) is 0 Å². The Morgan fingerprint density at radius 3 is 3.00 bits per heavy atom. The van der Waals surface area contributed by atoms with Crippen LogP contribution in [0.25, 0.3) is 11.5 Å². The van der Waals surface area contributed by atoms with E-state index in [4.69, 9.17) is 0 Å². The highest BCUT2D eigenvalue weighted by molar-refractivity contribution is 6.66. The molecule has 3 nitrogen and oxygen atoms in total. The first-order valence-electron chi connectivity index (χ1n) is 4.46. The second kappa shape index (κ2) is 3.78. The lowest BCUT2D eigenvalue weighted by Crippen LogP contribution is -2.14. The predicted octanol–water partition coefficient (Wildman–Crippen LogP) is 0.894. The second-order valence-corrected chi connectivity index (χ2v) is 3.13. The van der Waals surface area contributed by atoms with E-state index in [9.17, 15) is 10.0 Å². The third-order valence-corrected chi connectivity index (χ3v) is 2.21. The van der Waals surface area contributed by atoms with E-state index in [2.05, 4.69) is 4.98 Å². The average molecular weight is 187 g/mol. The van der Waals surface area contributed by atoms with E-state index in [1.54, 1.807) is 18.5 Å². The van der Waals surface area contributed by atoms with E-state index < -0.39 is 7.12 Å². The number of hydrogen-bond donors (Lipinski definition) is 2. The molecule has 0 aromatic carbocycles. The summed E-state index contributed by atoms with van der Waals surface area (Å²) in [4.78, 5) is 3.99. The monoisotopic (exact) mass is 187 g/mol. The highest BCUT2D eigenvalue weighted by atomic mass is 16.4. The van der Waals surface area contributed by atoms with Crippen LogP contribution in [0.2, 0.25) is 0 Å². The zero-order chi connectivity index (χ0) is 9.97. The van der Waals surface area contributed by atoms with E-state index in [1.165, 1.54) is 0 Å². The van der Waals surface area contributed by atoms with E-state index in [-0.39, 0.29) is 0 Å². The van der Waals surface area contributed by atoms with Gasteiger partial charge in [-0.3, -0.25) is 4.98 Å². The van der Waals surface area contributed by atoms with Gasteiger partial charge in [-0.15, -0.1) is 0 Å². The average Bonchev–Trinajstić information content (AvgIpc) is 2.39. The van der Waals surface area contributed by atoms with Gasteiger partial charge >= 0.3 is 7.12 Å². The first-order chi connectivity index (χ1) is 6.79. The Balaban J connectivity index is 2.55. The largest absolute Gasteiger partial charge is 0.488 e. The van der Waals surface area contributed by atoms with E-state index in [0.29, 0.717) is 11.9 Å². The van der Waals surface area contributed by atoms with Crippen molar-refractivity contribution < 1.29 is 10.0 Å². The molecule has 1 aromatic rings. The molecule has 14 heavy (non-hydrogen) atoms. The fourth-order valence-electron chi connectivity index (χ4n) is 1.55. The van der Waals surface area contributed by atoms with Gasteiger partial charge in [-0.05, 0) is 29.1 Å². The third-order valence-electron chi connectivity index (χ3n) is 2.21. The molecule has 1 aromatic heterocycles. The van der Waals surface area contributed by atoms with Crippen LogP contribution >= 0.6 is 0 Å². The molecule has 2 N–H and O–H groups in total. The molecule has 1 heterocycles. The first kappa shape index (κ1) is 9.18. The highest BCUT2D eigenvalue weighted by Crippen LogP contribution is 2.23. The molecule has 0 fully saturated rings. The van der Waals surface area contributed by atoms with Crippen molar-refractivity contribution in [2.75, 3.05) is 0 Å². The summed E-state index contributed by atoms with van der Waals surface area (Å²) in [6.45, 7) is 0. The van der Waals surface area contributed by atoms with Crippen molar-refractivity contribution in [1.82, 2.24) is 4.98 Å². The second-order valence-electron chi connectivity index (χ2n) is 3.13. The summed E-state index contributed by atoms with van der Waals surface area (Å²) in [7, 11) is -1.42. The van der Waals surface area contributed by atoms with Crippen molar-refractivity contribution in [3.63, 3.8) is 0 Å². The lowest BCUT2D eigenvalue weighted by Gasteiger charge is -2.07. The minimum Gasteiger partial charge on any atom is -0.423 e. The Hall–Kier alpha value is -1.39. The zero-order valence-electron chi connectivity index (χ0n) is 7.59. The Morgan fingerprint density at radius 1 is 1.36 bits per heavy atom. The lowest BCUT2D eigenvalue weighted by atomic mass is 9.74. The topological polar surface area (TPSA) is 53.4 Å². The third kappa shape index (κ3) is 1.62. The van der Waals surface area contributed by atoms with Crippen LogP contribution in [-0.4, -0.2) is 22.2 Å². The van der Waals surface area contributed by atoms with Crippen LogP contribution in [0.3, 0.4) is 0 Å². The van der Waals surface area contributed by atoms with Crippen LogP contribution in [0.15, 0.2) is 30.6 Å². The molecule has 0 bridgehead atoms. The standard InChI is InChI=1S/C10H10BNO2/c13-11(14)10-4-2-1-3-8-7-12-6-5-9(8)10/h1,3-7,13-14H,2H2. The molecule has 0 saturated carbocycles. The molecule has 0 unspecified atom stereocenters. The maximum Gasteiger partial charge on any atom is 0.488 e. The SMILES string of the molecule is OB(O)C1=CCC=Cc2cnccc21. The molecule has 0 amide bonds. The molecule has 0 spiro atoms. The smallest absolute Gasteiger partial charge is 0.423 e. The van der Waals surface area contributed by atoms with Gasteiger partial charge in [0.2, 0.25) is 0 Å². The summed E-state index contributed by atoms with van der Waals surface area (Å²) in [5.41, 5.74) is 2.31. The normalized spacial score (nSPS) is 14.3. The van der Waals surface area contributed by atoms with Crippen LogP contribution < -0.4 is 0 Å². The molecular weight excluding hydrogens is 177 g/mol. The Kier molecular flexibility index (Phi) is 2.48. The minimum absolute atomic E-state index is 0.549. The maximum absolute atomic E-state index is 9.19. The predicted molar refractivity (Wildman–Crippen MR) is 56.1 cm³/mol. The van der Waals surface area contributed by atoms with Crippen LogP contribution in [0.4, 0.5) is 0 Å². The van der Waals surface area contributed by atoms with Crippen molar-refractivity contribution in [2.45, 2.75) is 6.42 Å². The van der Waals surface area contributed by atoms with Crippen molar-refractivity contribution >= 4 is 18.7 Å². The number of allylic oxidation sites excluding steroid dienone is 2. The number of nitrogens with zero attached hydrogens (tertiary/aromatic N) is 1. The van der Waals surface area contributed by atoms with E-state index in [1.807, 2.05) is 18.2 Å². The van der Waals surface area contributed by atoms with Crippen molar-refractivity contribution in [3.05, 3.63) is 41.7 Å². The molecule has 1 aliphatic carbocycles. The summed E-state index contributed by atoms with van der Waals surface area (Å²) < 4.78 is 0. The van der Waals surface area contributed by atoms with Crippen LogP contribution in [0.5, 0.6) is 0 Å². The summed E-state index contributed by atoms with van der Waals surface area (Å²) in [6.07, 6.45) is 9.79. The van der Waals surface area contributed by atoms with Crippen LogP contribution in [0.1, 0.15) is 17.5 Å². The summed E-state index contributed by atoms with van der Waals surface area (Å²) in [5.74, 6) is 0. The minimum atomic E-state index is -1.42. The molecule has 70 valence electrons. The maximum atomic E-state index is 9.19. The fourth-order valence-corrected chi connectivity index (χ4v) is 1.55. The van der Waals surface area contributed by atoms with Gasteiger partial charge in [-0.1, -0.05) is 18.2 Å². The first-order valence-corrected chi connectivity index (χ1v) is 4.46. The lowest BCUT2D eigenvalue weighted by molar-refractivity contribution is 0.427. The number of pyridine rings is 1. The van der Waals surface area contributed by atoms with Crippen molar-refractivity contribution in [2.24, 2.45) is 0 Å². The molecule has 0 atom stereocenters. The van der Waals surface area contributed by atoms with Gasteiger partial charge in [0, 0.05) is 12.4 Å². The zero-order valence-corrected chi connectivity index (χ0v) is 7.59. The molecule has 0 saturated heterocycles. The van der Waals surface area contributed by atoms with Gasteiger partial charge in [0.15, 0.2) is 0 Å². The summed E-state index contributed by atoms with van der Waals surface area (Å²) in [6, 6.07) is 1.79. The van der Waals surface area contributed by atoms with Gasteiger partial charge in [0.1, 0.15) is 0 Å².